The van der Waals surface area contributed by atoms with E-state index in [4.69, 9.17) is 16.3 Å². The number of thiophene rings is 1. The fraction of sp³-hybridized carbons (Fsp3) is 0.455. The van der Waals surface area contributed by atoms with Gasteiger partial charge >= 0.3 is 6.18 Å². The van der Waals surface area contributed by atoms with Crippen molar-refractivity contribution in [2.24, 2.45) is 0 Å². The number of nitriles is 2. The fourth-order valence-corrected chi connectivity index (χ4v) is 2.31. The van der Waals surface area contributed by atoms with Gasteiger partial charge in [-0.3, -0.25) is 0 Å². The average molecular weight is 288 g/mol. The largest absolute Gasteiger partial charge is 0.396 e. The summed E-state index contributed by atoms with van der Waals surface area (Å²) in [5.74, 6) is 0. The summed E-state index contributed by atoms with van der Waals surface area (Å²) in [5, 5.41) is 20.9. The number of rotatable bonds is 5. The Hall–Kier alpha value is -1.93. The van der Waals surface area contributed by atoms with Crippen molar-refractivity contribution >= 4 is 22.0 Å². The van der Waals surface area contributed by atoms with Gasteiger partial charge in [-0.05, 0) is 12.8 Å². The van der Waals surface area contributed by atoms with Crippen LogP contribution in [-0.2, 0) is 0 Å². The summed E-state index contributed by atoms with van der Waals surface area (Å²) in [6, 6.07) is 3.74. The Balaban J connectivity index is 2.51. The van der Waals surface area contributed by atoms with Crippen molar-refractivity contribution in [1.29, 1.82) is 10.5 Å². The second-order valence-electron chi connectivity index (χ2n) is 3.77. The molecule has 0 saturated carbocycles. The molecular formula is C11H11F3N4S. The van der Waals surface area contributed by atoms with E-state index >= 15 is 0 Å². The lowest BCUT2D eigenvalue weighted by Gasteiger charge is -2.06. The van der Waals surface area contributed by atoms with Crippen LogP contribution in [0.1, 0.15) is 29.7 Å². The second kappa shape index (κ2) is 6.30. The number of anilines is 2. The summed E-state index contributed by atoms with van der Waals surface area (Å²) in [4.78, 5) is 0.231. The third-order valence-corrected chi connectivity index (χ3v) is 3.40. The first kappa shape index (κ1) is 15.1. The Labute approximate surface area is 112 Å². The predicted octanol–water partition coefficient (Wildman–Crippen LogP) is 3.22. The molecule has 1 aromatic rings. The second-order valence-corrected chi connectivity index (χ2v) is 4.79. The molecule has 0 unspecified atom stereocenters. The maximum Gasteiger partial charge on any atom is 0.389 e. The molecule has 0 fully saturated rings. The zero-order chi connectivity index (χ0) is 14.5. The van der Waals surface area contributed by atoms with Crippen LogP contribution in [0.3, 0.4) is 0 Å². The van der Waals surface area contributed by atoms with E-state index in [9.17, 15) is 13.2 Å². The van der Waals surface area contributed by atoms with Crippen LogP contribution in [0.5, 0.6) is 0 Å². The molecule has 102 valence electrons. The van der Waals surface area contributed by atoms with E-state index in [1.807, 2.05) is 12.1 Å². The molecule has 8 heteroatoms. The molecule has 0 bridgehead atoms. The molecule has 3 N–H and O–H groups in total. The highest BCUT2D eigenvalue weighted by molar-refractivity contribution is 7.17. The van der Waals surface area contributed by atoms with E-state index in [1.165, 1.54) is 0 Å². The van der Waals surface area contributed by atoms with Crippen LogP contribution in [0.25, 0.3) is 0 Å². The van der Waals surface area contributed by atoms with Gasteiger partial charge in [0.25, 0.3) is 0 Å². The lowest BCUT2D eigenvalue weighted by Crippen LogP contribution is -2.08. The van der Waals surface area contributed by atoms with Gasteiger partial charge in [0.1, 0.15) is 27.6 Å². The first-order chi connectivity index (χ1) is 8.89. The number of alkyl halides is 3. The number of nitrogens with two attached hydrogens (primary N) is 1. The molecule has 0 radical (unpaired) electrons. The van der Waals surface area contributed by atoms with Crippen LogP contribution in [0, 0.1) is 22.7 Å². The quantitative estimate of drug-likeness (QED) is 0.814. The van der Waals surface area contributed by atoms with Crippen molar-refractivity contribution in [2.45, 2.75) is 25.4 Å². The van der Waals surface area contributed by atoms with E-state index in [1.54, 1.807) is 0 Å². The molecule has 4 nitrogen and oxygen atoms in total. The van der Waals surface area contributed by atoms with E-state index in [0.29, 0.717) is 18.0 Å². The number of hydrogen-bond acceptors (Lipinski definition) is 5. The normalized spacial score (nSPS) is 10.8. The first-order valence-electron chi connectivity index (χ1n) is 5.42. The fourth-order valence-electron chi connectivity index (χ4n) is 1.41. The molecule has 1 rings (SSSR count). The van der Waals surface area contributed by atoms with Gasteiger partial charge in [-0.1, -0.05) is 0 Å². The molecule has 0 aliphatic heterocycles. The lowest BCUT2D eigenvalue weighted by molar-refractivity contribution is -0.135. The molecule has 0 spiro atoms. The minimum absolute atomic E-state index is 0.0182. The van der Waals surface area contributed by atoms with Crippen LogP contribution in [-0.4, -0.2) is 12.7 Å². The number of hydrogen-bond donors (Lipinski definition) is 2. The van der Waals surface area contributed by atoms with Crippen molar-refractivity contribution in [3.8, 4) is 12.1 Å². The number of halogens is 3. The first-order valence-corrected chi connectivity index (χ1v) is 6.23. The highest BCUT2D eigenvalue weighted by Crippen LogP contribution is 2.34. The van der Waals surface area contributed by atoms with Gasteiger partial charge in [0.2, 0.25) is 0 Å². The third-order valence-electron chi connectivity index (χ3n) is 2.33. The molecular weight excluding hydrogens is 277 g/mol. The maximum atomic E-state index is 11.9. The Morgan fingerprint density at radius 1 is 1.21 bits per heavy atom. The van der Waals surface area contributed by atoms with Gasteiger partial charge in [-0.25, -0.2) is 0 Å². The monoisotopic (exact) mass is 288 g/mol. The number of nitrogens with one attached hydrogen (secondary N) is 1. The van der Waals surface area contributed by atoms with Crippen molar-refractivity contribution < 1.29 is 13.2 Å². The topological polar surface area (TPSA) is 85.6 Å². The molecule has 0 saturated heterocycles. The number of unbranched alkanes of at least 4 members (excludes halogenated alkanes) is 1. The highest BCUT2D eigenvalue weighted by Gasteiger charge is 2.25. The third kappa shape index (κ3) is 4.34. The molecule has 0 amide bonds. The molecule has 1 aromatic heterocycles. The van der Waals surface area contributed by atoms with Gasteiger partial charge < -0.3 is 11.1 Å². The summed E-state index contributed by atoms with van der Waals surface area (Å²) >= 11 is 1.03. The summed E-state index contributed by atoms with van der Waals surface area (Å²) in [5.41, 5.74) is 5.89. The average Bonchev–Trinajstić information content (AvgIpc) is 2.63. The summed E-state index contributed by atoms with van der Waals surface area (Å²) in [7, 11) is 0. The minimum atomic E-state index is -4.14. The number of nitrogens with zero attached hydrogens (tertiary/aromatic N) is 2. The minimum Gasteiger partial charge on any atom is -0.396 e. The SMILES string of the molecule is N#Cc1sc(NCCCCC(F)(F)F)c(C#N)c1N. The van der Waals surface area contributed by atoms with Gasteiger partial charge in [-0.15, -0.1) is 11.3 Å². The molecule has 0 aliphatic carbocycles. The van der Waals surface area contributed by atoms with Gasteiger partial charge in [0, 0.05) is 13.0 Å². The van der Waals surface area contributed by atoms with Gasteiger partial charge in [-0.2, -0.15) is 23.7 Å². The van der Waals surface area contributed by atoms with Crippen molar-refractivity contribution in [1.82, 2.24) is 0 Å². The standard InChI is InChI=1S/C11H11F3N4S/c12-11(13,14)3-1-2-4-18-10-7(5-15)9(17)8(6-16)19-10/h18H,1-4,17H2. The summed E-state index contributed by atoms with van der Waals surface area (Å²) in [6.45, 7) is 0.301. The maximum absolute atomic E-state index is 11.9. The Kier molecular flexibility index (Phi) is 5.02. The van der Waals surface area contributed by atoms with Crippen molar-refractivity contribution in [2.75, 3.05) is 17.6 Å². The summed E-state index contributed by atoms with van der Waals surface area (Å²) < 4.78 is 35.7. The van der Waals surface area contributed by atoms with Crippen LogP contribution >= 0.6 is 11.3 Å². The molecule has 0 atom stereocenters. The van der Waals surface area contributed by atoms with Gasteiger partial charge in [0.05, 0.1) is 5.69 Å². The van der Waals surface area contributed by atoms with Crippen molar-refractivity contribution in [3.05, 3.63) is 10.4 Å². The van der Waals surface area contributed by atoms with Crippen LogP contribution < -0.4 is 11.1 Å². The molecule has 0 aliphatic rings. The Bertz CT molecular complexity index is 522. The van der Waals surface area contributed by atoms with E-state index in [2.05, 4.69) is 5.32 Å². The lowest BCUT2D eigenvalue weighted by atomic mass is 10.2. The predicted molar refractivity (Wildman–Crippen MR) is 66.6 cm³/mol. The van der Waals surface area contributed by atoms with Crippen LogP contribution in [0.15, 0.2) is 0 Å². The van der Waals surface area contributed by atoms with Crippen LogP contribution in [0.2, 0.25) is 0 Å². The Morgan fingerprint density at radius 3 is 2.42 bits per heavy atom. The summed E-state index contributed by atoms with van der Waals surface area (Å²) in [6.07, 6.45) is -4.62. The van der Waals surface area contributed by atoms with E-state index in [0.717, 1.165) is 11.3 Å². The van der Waals surface area contributed by atoms with Crippen molar-refractivity contribution in [3.63, 3.8) is 0 Å². The van der Waals surface area contributed by atoms with E-state index in [-0.39, 0.29) is 22.5 Å². The zero-order valence-electron chi connectivity index (χ0n) is 9.84. The molecule has 19 heavy (non-hydrogen) atoms. The van der Waals surface area contributed by atoms with E-state index < -0.39 is 12.6 Å². The zero-order valence-corrected chi connectivity index (χ0v) is 10.7. The van der Waals surface area contributed by atoms with Gasteiger partial charge in [0.15, 0.2) is 0 Å². The molecule has 1 heterocycles. The van der Waals surface area contributed by atoms with Crippen LogP contribution in [0.4, 0.5) is 23.9 Å². The molecule has 0 aromatic carbocycles. The highest BCUT2D eigenvalue weighted by atomic mass is 32.1. The Morgan fingerprint density at radius 2 is 1.89 bits per heavy atom. The smallest absolute Gasteiger partial charge is 0.389 e. The number of nitrogen functional groups attached to an aromatic ring is 1.